The summed E-state index contributed by atoms with van der Waals surface area (Å²) in [5.74, 6) is -0.384. The molecule has 3 rings (SSSR count). The SMILES string of the molecule is Cc1ccc2cccc(Nc3cc(Br)c(F)cc3N)c2n1. The van der Waals surface area contributed by atoms with Crippen LogP contribution in [0.5, 0.6) is 0 Å². The van der Waals surface area contributed by atoms with Gasteiger partial charge in [-0.25, -0.2) is 4.39 Å². The summed E-state index contributed by atoms with van der Waals surface area (Å²) in [5, 5.41) is 4.26. The summed E-state index contributed by atoms with van der Waals surface area (Å²) in [5.41, 5.74) is 9.48. The zero-order chi connectivity index (χ0) is 15.0. The Bertz CT molecular complexity index is 833. The van der Waals surface area contributed by atoms with Crippen LogP contribution in [0.2, 0.25) is 0 Å². The molecule has 1 heterocycles. The molecule has 3 nitrogen and oxygen atoms in total. The number of rotatable bonds is 2. The number of pyridine rings is 1. The third kappa shape index (κ3) is 2.69. The van der Waals surface area contributed by atoms with E-state index in [2.05, 4.69) is 26.2 Å². The molecule has 0 saturated carbocycles. The molecule has 3 N–H and O–H groups in total. The Kier molecular flexibility index (Phi) is 3.51. The van der Waals surface area contributed by atoms with Crippen molar-refractivity contribution in [2.75, 3.05) is 11.1 Å². The molecule has 0 amide bonds. The van der Waals surface area contributed by atoms with Crippen LogP contribution in [0.15, 0.2) is 46.9 Å². The van der Waals surface area contributed by atoms with Crippen LogP contribution in [0, 0.1) is 12.7 Å². The smallest absolute Gasteiger partial charge is 0.139 e. The lowest BCUT2D eigenvalue weighted by Crippen LogP contribution is -1.99. The number of benzene rings is 2. The van der Waals surface area contributed by atoms with E-state index in [-0.39, 0.29) is 5.82 Å². The molecular formula is C16H13BrFN3. The van der Waals surface area contributed by atoms with Crippen molar-refractivity contribution in [2.24, 2.45) is 0 Å². The van der Waals surface area contributed by atoms with Crippen molar-refractivity contribution in [3.8, 4) is 0 Å². The van der Waals surface area contributed by atoms with E-state index in [0.717, 1.165) is 22.3 Å². The Hall–Kier alpha value is -2.14. The maximum absolute atomic E-state index is 13.4. The van der Waals surface area contributed by atoms with Crippen LogP contribution in [0.4, 0.5) is 21.5 Å². The quantitative estimate of drug-likeness (QED) is 0.657. The summed E-state index contributed by atoms with van der Waals surface area (Å²) in [4.78, 5) is 4.55. The molecule has 0 unspecified atom stereocenters. The first-order valence-electron chi connectivity index (χ1n) is 6.42. The third-order valence-corrected chi connectivity index (χ3v) is 3.83. The predicted molar refractivity (Wildman–Crippen MR) is 88.3 cm³/mol. The molecule has 0 aliphatic carbocycles. The number of nitrogens with zero attached hydrogens (tertiary/aromatic N) is 1. The number of nitrogens with one attached hydrogen (secondary N) is 1. The van der Waals surface area contributed by atoms with Gasteiger partial charge in [0.1, 0.15) is 5.82 Å². The van der Waals surface area contributed by atoms with Gasteiger partial charge in [0, 0.05) is 17.1 Å². The van der Waals surface area contributed by atoms with E-state index in [1.165, 1.54) is 6.07 Å². The zero-order valence-electron chi connectivity index (χ0n) is 11.3. The minimum atomic E-state index is -0.384. The van der Waals surface area contributed by atoms with Crippen LogP contribution in [-0.4, -0.2) is 4.98 Å². The van der Waals surface area contributed by atoms with E-state index in [1.54, 1.807) is 6.07 Å². The molecule has 3 aromatic rings. The minimum absolute atomic E-state index is 0.348. The topological polar surface area (TPSA) is 50.9 Å². The molecule has 21 heavy (non-hydrogen) atoms. The van der Waals surface area contributed by atoms with Gasteiger partial charge in [-0.3, -0.25) is 4.98 Å². The van der Waals surface area contributed by atoms with Gasteiger partial charge in [-0.2, -0.15) is 0 Å². The molecule has 0 atom stereocenters. The Morgan fingerprint density at radius 1 is 1.14 bits per heavy atom. The van der Waals surface area contributed by atoms with Crippen molar-refractivity contribution in [3.05, 3.63) is 58.4 Å². The van der Waals surface area contributed by atoms with Gasteiger partial charge in [0.25, 0.3) is 0 Å². The zero-order valence-corrected chi connectivity index (χ0v) is 12.9. The van der Waals surface area contributed by atoms with Crippen molar-refractivity contribution in [3.63, 3.8) is 0 Å². The van der Waals surface area contributed by atoms with Gasteiger partial charge in [0.05, 0.1) is 27.1 Å². The molecule has 0 aliphatic heterocycles. The highest BCUT2D eigenvalue weighted by Gasteiger charge is 2.08. The lowest BCUT2D eigenvalue weighted by molar-refractivity contribution is 0.622. The predicted octanol–water partition coefficient (Wildman–Crippen LogP) is 4.77. The highest BCUT2D eigenvalue weighted by Crippen LogP contribution is 2.31. The Labute approximate surface area is 130 Å². The van der Waals surface area contributed by atoms with E-state index >= 15 is 0 Å². The van der Waals surface area contributed by atoms with E-state index in [9.17, 15) is 4.39 Å². The molecule has 0 aliphatic rings. The van der Waals surface area contributed by atoms with Crippen molar-refractivity contribution >= 4 is 43.9 Å². The molecule has 0 spiro atoms. The van der Waals surface area contributed by atoms with Gasteiger partial charge in [-0.1, -0.05) is 18.2 Å². The van der Waals surface area contributed by atoms with Crippen LogP contribution in [0.1, 0.15) is 5.69 Å². The monoisotopic (exact) mass is 345 g/mol. The number of hydrogen-bond donors (Lipinski definition) is 2. The summed E-state index contributed by atoms with van der Waals surface area (Å²) < 4.78 is 13.8. The van der Waals surface area contributed by atoms with Crippen LogP contribution in [0.3, 0.4) is 0 Å². The second kappa shape index (κ2) is 5.33. The Morgan fingerprint density at radius 2 is 1.95 bits per heavy atom. The maximum atomic E-state index is 13.4. The number of hydrogen-bond acceptors (Lipinski definition) is 3. The summed E-state index contributed by atoms with van der Waals surface area (Å²) >= 11 is 3.17. The first kappa shape index (κ1) is 13.8. The highest BCUT2D eigenvalue weighted by molar-refractivity contribution is 9.10. The van der Waals surface area contributed by atoms with Gasteiger partial charge in [-0.05, 0) is 41.1 Å². The summed E-state index contributed by atoms with van der Waals surface area (Å²) in [6.07, 6.45) is 0. The van der Waals surface area contributed by atoms with Crippen LogP contribution >= 0.6 is 15.9 Å². The second-order valence-electron chi connectivity index (χ2n) is 4.81. The van der Waals surface area contributed by atoms with Crippen molar-refractivity contribution < 1.29 is 4.39 Å². The number of nitrogens with two attached hydrogens (primary N) is 1. The minimum Gasteiger partial charge on any atom is -0.397 e. The number of aryl methyl sites for hydroxylation is 1. The summed E-state index contributed by atoms with van der Waals surface area (Å²) in [7, 11) is 0. The average molecular weight is 346 g/mol. The second-order valence-corrected chi connectivity index (χ2v) is 5.66. The number of para-hydroxylation sites is 1. The molecule has 0 bridgehead atoms. The van der Waals surface area contributed by atoms with E-state index in [1.807, 2.05) is 37.3 Å². The van der Waals surface area contributed by atoms with Gasteiger partial charge in [-0.15, -0.1) is 0 Å². The summed E-state index contributed by atoms with van der Waals surface area (Å²) in [6, 6.07) is 12.8. The van der Waals surface area contributed by atoms with E-state index in [0.29, 0.717) is 15.8 Å². The van der Waals surface area contributed by atoms with E-state index in [4.69, 9.17) is 5.73 Å². The molecule has 0 saturated heterocycles. The fraction of sp³-hybridized carbons (Fsp3) is 0.0625. The van der Waals surface area contributed by atoms with Crippen molar-refractivity contribution in [2.45, 2.75) is 6.92 Å². The number of halogens is 2. The lowest BCUT2D eigenvalue weighted by atomic mass is 10.1. The number of fused-ring (bicyclic) bond motifs is 1. The fourth-order valence-electron chi connectivity index (χ4n) is 2.16. The van der Waals surface area contributed by atoms with Crippen molar-refractivity contribution in [1.82, 2.24) is 4.98 Å². The largest absolute Gasteiger partial charge is 0.397 e. The maximum Gasteiger partial charge on any atom is 0.139 e. The van der Waals surface area contributed by atoms with Crippen molar-refractivity contribution in [1.29, 1.82) is 0 Å². The lowest BCUT2D eigenvalue weighted by Gasteiger charge is -2.12. The first-order chi connectivity index (χ1) is 10.0. The molecule has 106 valence electrons. The first-order valence-corrected chi connectivity index (χ1v) is 7.22. The highest BCUT2D eigenvalue weighted by atomic mass is 79.9. The summed E-state index contributed by atoms with van der Waals surface area (Å²) in [6.45, 7) is 1.94. The van der Waals surface area contributed by atoms with Gasteiger partial charge >= 0.3 is 0 Å². The van der Waals surface area contributed by atoms with E-state index < -0.39 is 0 Å². The average Bonchev–Trinajstić information content (AvgIpc) is 2.45. The number of nitrogen functional groups attached to an aromatic ring is 1. The van der Waals surface area contributed by atoms with Gasteiger partial charge in [0.15, 0.2) is 0 Å². The fourth-order valence-corrected chi connectivity index (χ4v) is 2.50. The van der Waals surface area contributed by atoms with Crippen LogP contribution in [0.25, 0.3) is 10.9 Å². The number of anilines is 3. The standard InChI is InChI=1S/C16H13BrFN3/c1-9-5-6-10-3-2-4-14(16(10)20-9)21-15-7-11(17)12(18)8-13(15)19/h2-8,21H,19H2,1H3. The van der Waals surface area contributed by atoms with Gasteiger partial charge < -0.3 is 11.1 Å². The van der Waals surface area contributed by atoms with Crippen LogP contribution in [-0.2, 0) is 0 Å². The normalized spacial score (nSPS) is 10.8. The third-order valence-electron chi connectivity index (χ3n) is 3.22. The molecule has 1 aromatic heterocycles. The molecule has 5 heteroatoms. The molecule has 0 radical (unpaired) electrons. The van der Waals surface area contributed by atoms with Gasteiger partial charge in [0.2, 0.25) is 0 Å². The number of aromatic nitrogens is 1. The molecular weight excluding hydrogens is 333 g/mol. The Balaban J connectivity index is 2.10. The Morgan fingerprint density at radius 3 is 2.76 bits per heavy atom. The molecule has 0 fully saturated rings. The van der Waals surface area contributed by atoms with Crippen LogP contribution < -0.4 is 11.1 Å². The molecule has 2 aromatic carbocycles.